The summed E-state index contributed by atoms with van der Waals surface area (Å²) in [5, 5.41) is 0. The number of hydrogen-bond acceptors (Lipinski definition) is 6. The number of hydrogen-bond donors (Lipinski definition) is 1. The molecular formula is C13H13F3N6. The van der Waals surface area contributed by atoms with Crippen molar-refractivity contribution in [3.05, 3.63) is 24.9 Å². The standard InChI is InChI=1S/C13H13F3N6/c14-13(15,16)9-1-2-22(6-9)10-5-20-12(21-11(10)17)8-3-18-7-19-4-8/h3-5,7,9H,1-2,6H2,(H2,17,20,21). The van der Waals surface area contributed by atoms with Crippen LogP contribution in [0.4, 0.5) is 24.7 Å². The van der Waals surface area contributed by atoms with Crippen molar-refractivity contribution in [2.24, 2.45) is 5.92 Å². The van der Waals surface area contributed by atoms with Crippen molar-refractivity contribution in [3.8, 4) is 11.4 Å². The Morgan fingerprint density at radius 1 is 1.18 bits per heavy atom. The molecule has 0 bridgehead atoms. The smallest absolute Gasteiger partial charge is 0.382 e. The minimum atomic E-state index is -4.19. The van der Waals surface area contributed by atoms with E-state index in [1.807, 2.05) is 0 Å². The Balaban J connectivity index is 1.82. The second kappa shape index (κ2) is 5.39. The van der Waals surface area contributed by atoms with Crippen LogP contribution >= 0.6 is 0 Å². The lowest BCUT2D eigenvalue weighted by Crippen LogP contribution is -2.28. The van der Waals surface area contributed by atoms with Gasteiger partial charge in [-0.2, -0.15) is 13.2 Å². The molecule has 1 fully saturated rings. The van der Waals surface area contributed by atoms with Crippen LogP contribution in [-0.4, -0.2) is 39.2 Å². The number of halogens is 3. The van der Waals surface area contributed by atoms with Gasteiger partial charge in [-0.15, -0.1) is 0 Å². The maximum atomic E-state index is 12.7. The van der Waals surface area contributed by atoms with E-state index in [-0.39, 0.29) is 25.3 Å². The first kappa shape index (κ1) is 14.5. The van der Waals surface area contributed by atoms with E-state index in [0.29, 0.717) is 17.1 Å². The summed E-state index contributed by atoms with van der Waals surface area (Å²) in [4.78, 5) is 17.6. The summed E-state index contributed by atoms with van der Waals surface area (Å²) in [6.07, 6.45) is 1.77. The van der Waals surface area contributed by atoms with Crippen LogP contribution in [0.25, 0.3) is 11.4 Å². The minimum Gasteiger partial charge on any atom is -0.382 e. The van der Waals surface area contributed by atoms with Crippen LogP contribution in [-0.2, 0) is 0 Å². The topological polar surface area (TPSA) is 80.8 Å². The van der Waals surface area contributed by atoms with Gasteiger partial charge in [0, 0.05) is 25.5 Å². The Kier molecular flexibility index (Phi) is 3.55. The molecule has 1 aliphatic rings. The van der Waals surface area contributed by atoms with Crippen LogP contribution < -0.4 is 10.6 Å². The van der Waals surface area contributed by atoms with E-state index in [1.54, 1.807) is 4.90 Å². The number of nitrogens with two attached hydrogens (primary N) is 1. The van der Waals surface area contributed by atoms with Crippen LogP contribution in [0, 0.1) is 5.92 Å². The molecule has 1 aliphatic heterocycles. The molecule has 9 heteroatoms. The van der Waals surface area contributed by atoms with Crippen LogP contribution in [0.15, 0.2) is 24.9 Å². The van der Waals surface area contributed by atoms with Gasteiger partial charge in [0.15, 0.2) is 11.6 Å². The normalized spacial score (nSPS) is 18.7. The molecule has 6 nitrogen and oxygen atoms in total. The van der Waals surface area contributed by atoms with Crippen molar-refractivity contribution in [1.29, 1.82) is 0 Å². The molecule has 1 atom stereocenters. The first-order valence-electron chi connectivity index (χ1n) is 6.64. The fourth-order valence-corrected chi connectivity index (χ4v) is 2.43. The lowest BCUT2D eigenvalue weighted by molar-refractivity contribution is -0.168. The highest BCUT2D eigenvalue weighted by molar-refractivity contribution is 5.66. The monoisotopic (exact) mass is 310 g/mol. The van der Waals surface area contributed by atoms with Crippen molar-refractivity contribution in [2.75, 3.05) is 23.7 Å². The van der Waals surface area contributed by atoms with E-state index in [0.717, 1.165) is 0 Å². The Bertz CT molecular complexity index is 661. The van der Waals surface area contributed by atoms with Crippen molar-refractivity contribution in [2.45, 2.75) is 12.6 Å². The Morgan fingerprint density at radius 3 is 2.50 bits per heavy atom. The van der Waals surface area contributed by atoms with E-state index in [4.69, 9.17) is 5.73 Å². The van der Waals surface area contributed by atoms with Gasteiger partial charge < -0.3 is 10.6 Å². The average molecular weight is 310 g/mol. The van der Waals surface area contributed by atoms with Gasteiger partial charge in [-0.3, -0.25) is 0 Å². The van der Waals surface area contributed by atoms with Crippen molar-refractivity contribution in [3.63, 3.8) is 0 Å². The van der Waals surface area contributed by atoms with Gasteiger partial charge in [-0.1, -0.05) is 0 Å². The molecular weight excluding hydrogens is 297 g/mol. The zero-order valence-electron chi connectivity index (χ0n) is 11.5. The van der Waals surface area contributed by atoms with Gasteiger partial charge in [0.25, 0.3) is 0 Å². The zero-order valence-corrected chi connectivity index (χ0v) is 11.5. The van der Waals surface area contributed by atoms with Gasteiger partial charge in [-0.05, 0) is 6.42 Å². The predicted molar refractivity (Wildman–Crippen MR) is 73.8 cm³/mol. The Hall–Kier alpha value is -2.45. The molecule has 0 aromatic carbocycles. The van der Waals surface area contributed by atoms with Crippen LogP contribution in [0.2, 0.25) is 0 Å². The molecule has 22 heavy (non-hydrogen) atoms. The molecule has 0 amide bonds. The Morgan fingerprint density at radius 2 is 1.91 bits per heavy atom. The molecule has 0 radical (unpaired) electrons. The second-order valence-corrected chi connectivity index (χ2v) is 5.06. The highest BCUT2D eigenvalue weighted by Gasteiger charge is 2.44. The molecule has 2 aromatic heterocycles. The maximum Gasteiger partial charge on any atom is 0.393 e. The van der Waals surface area contributed by atoms with Crippen molar-refractivity contribution in [1.82, 2.24) is 19.9 Å². The number of rotatable bonds is 2. The molecule has 1 saturated heterocycles. The van der Waals surface area contributed by atoms with Crippen LogP contribution in [0.1, 0.15) is 6.42 Å². The van der Waals surface area contributed by atoms with Gasteiger partial charge in [0.2, 0.25) is 0 Å². The largest absolute Gasteiger partial charge is 0.393 e. The van der Waals surface area contributed by atoms with Crippen molar-refractivity contribution >= 4 is 11.5 Å². The highest BCUT2D eigenvalue weighted by Crippen LogP contribution is 2.36. The number of nitrogen functional groups attached to an aromatic ring is 1. The molecule has 2 aromatic rings. The van der Waals surface area contributed by atoms with Gasteiger partial charge in [-0.25, -0.2) is 19.9 Å². The lowest BCUT2D eigenvalue weighted by Gasteiger charge is -2.20. The van der Waals surface area contributed by atoms with E-state index in [9.17, 15) is 13.2 Å². The SMILES string of the molecule is Nc1nc(-c2cncnc2)ncc1N1CCC(C(F)(F)F)C1. The summed E-state index contributed by atoms with van der Waals surface area (Å²) in [6, 6.07) is 0. The van der Waals surface area contributed by atoms with Gasteiger partial charge >= 0.3 is 6.18 Å². The zero-order chi connectivity index (χ0) is 15.7. The third-order valence-corrected chi connectivity index (χ3v) is 3.61. The number of alkyl halides is 3. The quantitative estimate of drug-likeness (QED) is 0.912. The van der Waals surface area contributed by atoms with Crippen molar-refractivity contribution < 1.29 is 13.2 Å². The molecule has 0 spiro atoms. The van der Waals surface area contributed by atoms with E-state index < -0.39 is 12.1 Å². The van der Waals surface area contributed by atoms with Gasteiger partial charge in [0.05, 0.1) is 23.4 Å². The van der Waals surface area contributed by atoms with Gasteiger partial charge in [0.1, 0.15) is 6.33 Å². The maximum absolute atomic E-state index is 12.7. The first-order chi connectivity index (χ1) is 10.4. The molecule has 2 N–H and O–H groups in total. The number of anilines is 2. The first-order valence-corrected chi connectivity index (χ1v) is 6.64. The van der Waals surface area contributed by atoms with Crippen LogP contribution in [0.3, 0.4) is 0 Å². The number of nitrogens with zero attached hydrogens (tertiary/aromatic N) is 5. The molecule has 0 aliphatic carbocycles. The molecule has 1 unspecified atom stereocenters. The third kappa shape index (κ3) is 2.78. The lowest BCUT2D eigenvalue weighted by atomic mass is 10.1. The van der Waals surface area contributed by atoms with Crippen LogP contribution in [0.5, 0.6) is 0 Å². The summed E-state index contributed by atoms with van der Waals surface area (Å²) in [5.74, 6) is -0.848. The Labute approximate surface area is 124 Å². The third-order valence-electron chi connectivity index (χ3n) is 3.61. The minimum absolute atomic E-state index is 0.0528. The molecule has 3 rings (SSSR count). The molecule has 3 heterocycles. The average Bonchev–Trinajstić information content (AvgIpc) is 2.98. The number of aromatic nitrogens is 4. The van der Waals surface area contributed by atoms with E-state index in [2.05, 4.69) is 19.9 Å². The summed E-state index contributed by atoms with van der Waals surface area (Å²) in [6.45, 7) is 0.163. The fourth-order valence-electron chi connectivity index (χ4n) is 2.43. The summed E-state index contributed by atoms with van der Waals surface area (Å²) in [7, 11) is 0. The summed E-state index contributed by atoms with van der Waals surface area (Å²) < 4.78 is 38.2. The highest BCUT2D eigenvalue weighted by atomic mass is 19.4. The fraction of sp³-hybridized carbons (Fsp3) is 0.385. The summed E-state index contributed by atoms with van der Waals surface area (Å²) >= 11 is 0. The predicted octanol–water partition coefficient (Wildman–Crippen LogP) is 1.90. The second-order valence-electron chi connectivity index (χ2n) is 5.06. The molecule has 0 saturated carbocycles. The van der Waals surface area contributed by atoms with E-state index in [1.165, 1.54) is 24.9 Å². The van der Waals surface area contributed by atoms with E-state index >= 15 is 0 Å². The molecule has 116 valence electrons. The summed E-state index contributed by atoms with van der Waals surface area (Å²) in [5.41, 5.74) is 6.89.